The summed E-state index contributed by atoms with van der Waals surface area (Å²) in [7, 11) is 1.03. The van der Waals surface area contributed by atoms with Crippen molar-refractivity contribution in [2.45, 2.75) is 38.9 Å². The Morgan fingerprint density at radius 3 is 2.17 bits per heavy atom. The highest BCUT2D eigenvalue weighted by Gasteiger charge is 2.52. The number of halogens is 3. The Morgan fingerprint density at radius 1 is 1.09 bits per heavy atom. The molecule has 0 amide bonds. The number of likely N-dealkylation sites (N-methyl/N-ethyl adjacent to an activating group) is 1. The van der Waals surface area contributed by atoms with Crippen molar-refractivity contribution in [2.75, 3.05) is 13.6 Å². The van der Waals surface area contributed by atoms with Gasteiger partial charge in [0.2, 0.25) is 0 Å². The fourth-order valence-corrected chi connectivity index (χ4v) is 2.25. The predicted octanol–water partition coefficient (Wildman–Crippen LogP) is 3.34. The molecule has 1 saturated heterocycles. The molecule has 1 aliphatic rings. The molecule has 0 radical (unpaired) electrons. The molecule has 1 N–H and O–H groups in total. The largest absolute Gasteiger partial charge is 0.491 e. The average Bonchev–Trinajstić information content (AvgIpc) is 2.67. The molecular formula is C16H21BF3NO2. The van der Waals surface area contributed by atoms with Crippen molar-refractivity contribution < 1.29 is 22.5 Å². The van der Waals surface area contributed by atoms with Crippen molar-refractivity contribution in [3.63, 3.8) is 0 Å². The molecule has 0 atom stereocenters. The van der Waals surface area contributed by atoms with Crippen LogP contribution in [0.3, 0.4) is 0 Å². The lowest BCUT2D eigenvalue weighted by Crippen LogP contribution is -2.41. The zero-order valence-electron chi connectivity index (χ0n) is 14.0. The smallest absolute Gasteiger partial charge is 0.400 e. The molecule has 0 bridgehead atoms. The summed E-state index contributed by atoms with van der Waals surface area (Å²) in [6, 6.07) is 2.08. The Balaban J connectivity index is 2.38. The Kier molecular flexibility index (Phi) is 4.94. The summed E-state index contributed by atoms with van der Waals surface area (Å²) in [5, 5.41) is 2.95. The van der Waals surface area contributed by atoms with Crippen molar-refractivity contribution in [1.82, 2.24) is 5.32 Å². The minimum atomic E-state index is -1.49. The lowest BCUT2D eigenvalue weighted by atomic mass is 9.77. The molecule has 0 unspecified atom stereocenters. The summed E-state index contributed by atoms with van der Waals surface area (Å²) >= 11 is 0. The maximum absolute atomic E-state index is 13.9. The first-order valence-electron chi connectivity index (χ1n) is 7.43. The summed E-state index contributed by atoms with van der Waals surface area (Å²) in [5.41, 5.74) is -0.548. The number of nitrogens with one attached hydrogen (secondary N) is 1. The second kappa shape index (κ2) is 6.30. The SMILES string of the molecule is CNCC(=Cc1ccc(F)c(F)c1F)B1OC(C)(C)C(C)(C)O1. The van der Waals surface area contributed by atoms with Crippen LogP contribution in [0.2, 0.25) is 0 Å². The van der Waals surface area contributed by atoms with Crippen LogP contribution in [-0.2, 0) is 9.31 Å². The first-order valence-corrected chi connectivity index (χ1v) is 7.43. The third-order valence-corrected chi connectivity index (χ3v) is 4.34. The fourth-order valence-electron chi connectivity index (χ4n) is 2.25. The summed E-state index contributed by atoms with van der Waals surface area (Å²) in [6.45, 7) is 7.98. The van der Waals surface area contributed by atoms with Crippen LogP contribution in [0.25, 0.3) is 6.08 Å². The zero-order chi connectivity index (χ0) is 17.4. The van der Waals surface area contributed by atoms with Crippen molar-refractivity contribution in [3.05, 3.63) is 40.6 Å². The highest BCUT2D eigenvalue weighted by atomic mass is 19.2. The Labute approximate surface area is 135 Å². The quantitative estimate of drug-likeness (QED) is 0.680. The van der Waals surface area contributed by atoms with Gasteiger partial charge in [-0.2, -0.15) is 0 Å². The summed E-state index contributed by atoms with van der Waals surface area (Å²) < 4.78 is 52.2. The molecule has 3 nitrogen and oxygen atoms in total. The molecule has 1 aromatic rings. The highest BCUT2D eigenvalue weighted by molar-refractivity contribution is 6.55. The van der Waals surface area contributed by atoms with Crippen LogP contribution in [0, 0.1) is 17.5 Å². The number of rotatable bonds is 4. The van der Waals surface area contributed by atoms with E-state index in [-0.39, 0.29) is 5.56 Å². The van der Waals surface area contributed by atoms with E-state index in [0.717, 1.165) is 6.07 Å². The van der Waals surface area contributed by atoms with Crippen LogP contribution in [0.1, 0.15) is 33.3 Å². The van der Waals surface area contributed by atoms with Crippen molar-refractivity contribution in [1.29, 1.82) is 0 Å². The van der Waals surface area contributed by atoms with E-state index in [1.54, 1.807) is 7.05 Å². The molecule has 2 rings (SSSR count). The fraction of sp³-hybridized carbons (Fsp3) is 0.500. The van der Waals surface area contributed by atoms with Crippen molar-refractivity contribution >= 4 is 13.2 Å². The van der Waals surface area contributed by atoms with Crippen molar-refractivity contribution in [3.8, 4) is 0 Å². The molecule has 0 saturated carbocycles. The van der Waals surface area contributed by atoms with Crippen LogP contribution < -0.4 is 5.32 Å². The van der Waals surface area contributed by atoms with Crippen molar-refractivity contribution in [2.24, 2.45) is 0 Å². The summed E-state index contributed by atoms with van der Waals surface area (Å²) in [4.78, 5) is 0. The highest BCUT2D eigenvalue weighted by Crippen LogP contribution is 2.38. The lowest BCUT2D eigenvalue weighted by molar-refractivity contribution is 0.00578. The number of benzene rings is 1. The first kappa shape index (κ1) is 18.0. The minimum absolute atomic E-state index is 0.0520. The van der Waals surface area contributed by atoms with E-state index in [1.165, 1.54) is 12.1 Å². The average molecular weight is 327 g/mol. The number of hydrogen-bond acceptors (Lipinski definition) is 3. The molecule has 23 heavy (non-hydrogen) atoms. The van der Waals surface area contributed by atoms with Gasteiger partial charge < -0.3 is 14.6 Å². The first-order chi connectivity index (χ1) is 10.6. The molecule has 1 heterocycles. The normalized spacial score (nSPS) is 20.2. The van der Waals surface area contributed by atoms with Gasteiger partial charge in [-0.3, -0.25) is 0 Å². The predicted molar refractivity (Wildman–Crippen MR) is 84.3 cm³/mol. The van der Waals surface area contributed by atoms with Gasteiger partial charge in [-0.15, -0.1) is 0 Å². The van der Waals surface area contributed by atoms with Gasteiger partial charge >= 0.3 is 7.12 Å². The van der Waals surface area contributed by atoms with Gasteiger partial charge in [-0.05, 0) is 52.3 Å². The van der Waals surface area contributed by atoms with Crippen LogP contribution in [0.15, 0.2) is 17.6 Å². The third-order valence-electron chi connectivity index (χ3n) is 4.34. The van der Waals surface area contributed by atoms with Crippen LogP contribution in [0.4, 0.5) is 13.2 Å². The Hall–Kier alpha value is -1.31. The Bertz CT molecular complexity index is 616. The van der Waals surface area contributed by atoms with Gasteiger partial charge in [0.1, 0.15) is 0 Å². The van der Waals surface area contributed by atoms with Crippen LogP contribution >= 0.6 is 0 Å². The standard InChI is InChI=1S/C16H21BF3NO2/c1-15(2)16(3,4)23-17(22-15)11(9-21-5)8-10-6-7-12(18)14(20)13(10)19/h6-8,21H,9H2,1-5H3. The van der Waals surface area contributed by atoms with Gasteiger partial charge in [-0.1, -0.05) is 6.08 Å². The van der Waals surface area contributed by atoms with E-state index in [4.69, 9.17) is 9.31 Å². The third kappa shape index (κ3) is 3.46. The van der Waals surface area contributed by atoms with E-state index in [1.807, 2.05) is 27.7 Å². The summed E-state index contributed by atoms with van der Waals surface area (Å²) in [6.07, 6.45) is 1.43. The van der Waals surface area contributed by atoms with E-state index >= 15 is 0 Å². The van der Waals surface area contributed by atoms with E-state index in [2.05, 4.69) is 5.32 Å². The molecule has 0 spiro atoms. The maximum atomic E-state index is 13.9. The second-order valence-electron chi connectivity index (χ2n) is 6.60. The number of hydrogen-bond donors (Lipinski definition) is 1. The Morgan fingerprint density at radius 2 is 1.65 bits per heavy atom. The van der Waals surface area contributed by atoms with Gasteiger partial charge in [0, 0.05) is 12.1 Å². The van der Waals surface area contributed by atoms with Gasteiger partial charge in [0.15, 0.2) is 17.5 Å². The molecule has 1 aromatic carbocycles. The van der Waals surface area contributed by atoms with E-state index in [0.29, 0.717) is 12.0 Å². The second-order valence-corrected chi connectivity index (χ2v) is 6.60. The topological polar surface area (TPSA) is 30.5 Å². The van der Waals surface area contributed by atoms with Crippen LogP contribution in [0.5, 0.6) is 0 Å². The molecule has 0 aliphatic carbocycles. The minimum Gasteiger partial charge on any atom is -0.400 e. The van der Waals surface area contributed by atoms with Gasteiger partial charge in [0.05, 0.1) is 11.2 Å². The van der Waals surface area contributed by atoms with Crippen LogP contribution in [-0.4, -0.2) is 31.9 Å². The zero-order valence-corrected chi connectivity index (χ0v) is 14.0. The maximum Gasteiger partial charge on any atom is 0.491 e. The molecular weight excluding hydrogens is 306 g/mol. The van der Waals surface area contributed by atoms with E-state index in [9.17, 15) is 13.2 Å². The monoisotopic (exact) mass is 327 g/mol. The van der Waals surface area contributed by atoms with E-state index < -0.39 is 35.8 Å². The molecule has 1 aliphatic heterocycles. The summed E-state index contributed by atoms with van der Waals surface area (Å²) in [5.74, 6) is -3.93. The molecule has 126 valence electrons. The molecule has 0 aromatic heterocycles. The van der Waals surface area contributed by atoms with Gasteiger partial charge in [-0.25, -0.2) is 13.2 Å². The molecule has 1 fully saturated rings. The van der Waals surface area contributed by atoms with Gasteiger partial charge in [0.25, 0.3) is 0 Å². The molecule has 7 heteroatoms. The lowest BCUT2D eigenvalue weighted by Gasteiger charge is -2.32.